The molecular formula is C11H19N3O4. The monoisotopic (exact) mass is 257 g/mol. The molecule has 0 atom stereocenters. The number of esters is 1. The lowest BCUT2D eigenvalue weighted by Crippen LogP contribution is -2.72. The highest BCUT2D eigenvalue weighted by Crippen LogP contribution is 2.12. The zero-order chi connectivity index (χ0) is 13.4. The van der Waals surface area contributed by atoms with E-state index in [4.69, 9.17) is 9.47 Å². The molecule has 102 valence electrons. The van der Waals surface area contributed by atoms with Crippen molar-refractivity contribution in [3.63, 3.8) is 0 Å². The van der Waals surface area contributed by atoms with E-state index in [-0.39, 0.29) is 12.6 Å². The lowest BCUT2D eigenvalue weighted by atomic mass is 9.92. The van der Waals surface area contributed by atoms with Gasteiger partial charge in [0.25, 0.3) is 0 Å². The van der Waals surface area contributed by atoms with Crippen LogP contribution >= 0.6 is 0 Å². The largest absolute Gasteiger partial charge is 0.468 e. The molecule has 1 saturated heterocycles. The highest BCUT2D eigenvalue weighted by Gasteiger charge is 2.44. The van der Waals surface area contributed by atoms with Crippen molar-refractivity contribution in [2.24, 2.45) is 0 Å². The fourth-order valence-corrected chi connectivity index (χ4v) is 1.56. The first-order chi connectivity index (χ1) is 8.64. The topological polar surface area (TPSA) is 88.7 Å². The van der Waals surface area contributed by atoms with Crippen molar-refractivity contribution in [1.82, 2.24) is 16.0 Å². The van der Waals surface area contributed by atoms with Crippen molar-refractivity contribution in [3.05, 3.63) is 12.7 Å². The first kappa shape index (κ1) is 14.5. The predicted octanol–water partition coefficient (Wildman–Crippen LogP) is -0.997. The molecule has 7 nitrogen and oxygen atoms in total. The molecule has 0 saturated carbocycles. The summed E-state index contributed by atoms with van der Waals surface area (Å²) in [6, 6.07) is 0. The maximum Gasteiger partial charge on any atom is 0.407 e. The highest BCUT2D eigenvalue weighted by atomic mass is 16.5. The van der Waals surface area contributed by atoms with Gasteiger partial charge < -0.3 is 20.1 Å². The van der Waals surface area contributed by atoms with Crippen molar-refractivity contribution in [2.75, 3.05) is 39.9 Å². The van der Waals surface area contributed by atoms with Gasteiger partial charge >= 0.3 is 12.1 Å². The van der Waals surface area contributed by atoms with Crippen molar-refractivity contribution < 1.29 is 19.1 Å². The quantitative estimate of drug-likeness (QED) is 0.308. The number of ether oxygens (including phenoxy) is 2. The molecule has 0 aliphatic carbocycles. The van der Waals surface area contributed by atoms with Gasteiger partial charge in [-0.15, -0.1) is 0 Å². The summed E-state index contributed by atoms with van der Waals surface area (Å²) in [5.74, 6) is -0.296. The molecule has 1 amide bonds. The van der Waals surface area contributed by atoms with Gasteiger partial charge in [-0.05, 0) is 0 Å². The van der Waals surface area contributed by atoms with E-state index >= 15 is 0 Å². The maximum absolute atomic E-state index is 11.5. The molecule has 1 fully saturated rings. The molecule has 7 heteroatoms. The Balaban J connectivity index is 2.18. The van der Waals surface area contributed by atoms with Gasteiger partial charge in [-0.2, -0.15) is 0 Å². The van der Waals surface area contributed by atoms with Crippen molar-refractivity contribution in [2.45, 2.75) is 5.54 Å². The van der Waals surface area contributed by atoms with Crippen LogP contribution in [0.4, 0.5) is 4.79 Å². The molecule has 1 aliphatic heterocycles. The van der Waals surface area contributed by atoms with Crippen molar-refractivity contribution >= 4 is 12.1 Å². The van der Waals surface area contributed by atoms with Gasteiger partial charge in [0.15, 0.2) is 0 Å². The van der Waals surface area contributed by atoms with Crippen LogP contribution in [-0.4, -0.2) is 57.5 Å². The number of nitrogens with one attached hydrogen (secondary N) is 3. The molecule has 0 spiro atoms. The zero-order valence-corrected chi connectivity index (χ0v) is 10.5. The first-order valence-electron chi connectivity index (χ1n) is 5.70. The van der Waals surface area contributed by atoms with E-state index in [1.807, 2.05) is 0 Å². The SMILES string of the molecule is C=CCOC(=O)NCCNC1(C(=O)OC)CNC1. The van der Waals surface area contributed by atoms with Gasteiger partial charge in [-0.3, -0.25) is 5.32 Å². The summed E-state index contributed by atoms with van der Waals surface area (Å²) in [5, 5.41) is 8.63. The highest BCUT2D eigenvalue weighted by molar-refractivity contribution is 5.82. The van der Waals surface area contributed by atoms with E-state index in [1.165, 1.54) is 13.2 Å². The molecule has 0 radical (unpaired) electrons. The van der Waals surface area contributed by atoms with Crippen LogP contribution < -0.4 is 16.0 Å². The Morgan fingerprint density at radius 2 is 2.17 bits per heavy atom. The lowest BCUT2D eigenvalue weighted by molar-refractivity contribution is -0.150. The van der Waals surface area contributed by atoms with Crippen LogP contribution in [0.2, 0.25) is 0 Å². The molecule has 0 aromatic carbocycles. The maximum atomic E-state index is 11.5. The Hall–Kier alpha value is -1.60. The molecule has 0 bridgehead atoms. The van der Waals surface area contributed by atoms with Gasteiger partial charge in [-0.25, -0.2) is 9.59 Å². The van der Waals surface area contributed by atoms with Crippen molar-refractivity contribution in [1.29, 1.82) is 0 Å². The van der Waals surface area contributed by atoms with E-state index in [9.17, 15) is 9.59 Å². The summed E-state index contributed by atoms with van der Waals surface area (Å²) in [4.78, 5) is 22.6. The zero-order valence-electron chi connectivity index (χ0n) is 10.5. The first-order valence-corrected chi connectivity index (χ1v) is 5.70. The smallest absolute Gasteiger partial charge is 0.407 e. The number of methoxy groups -OCH3 is 1. The van der Waals surface area contributed by atoms with Crippen LogP contribution in [0.25, 0.3) is 0 Å². The lowest BCUT2D eigenvalue weighted by Gasteiger charge is -2.40. The number of rotatable bonds is 7. The minimum absolute atomic E-state index is 0.176. The second-order valence-corrected chi connectivity index (χ2v) is 3.92. The Morgan fingerprint density at radius 3 is 2.67 bits per heavy atom. The van der Waals surface area contributed by atoms with E-state index in [0.717, 1.165) is 0 Å². The molecule has 1 heterocycles. The third-order valence-corrected chi connectivity index (χ3v) is 2.62. The molecule has 0 aromatic heterocycles. The number of hydrogen-bond acceptors (Lipinski definition) is 6. The summed E-state index contributed by atoms with van der Waals surface area (Å²) in [7, 11) is 1.36. The van der Waals surface area contributed by atoms with Gasteiger partial charge in [-0.1, -0.05) is 12.7 Å². The third kappa shape index (κ3) is 3.71. The Bertz CT molecular complexity index is 315. The molecule has 0 unspecified atom stereocenters. The number of carbonyl (C=O) groups is 2. The van der Waals surface area contributed by atoms with Gasteiger partial charge in [0.1, 0.15) is 12.1 Å². The molecule has 0 aromatic rings. The van der Waals surface area contributed by atoms with Crippen LogP contribution in [0.3, 0.4) is 0 Å². The fraction of sp³-hybridized carbons (Fsp3) is 0.636. The Morgan fingerprint density at radius 1 is 1.44 bits per heavy atom. The van der Waals surface area contributed by atoms with Crippen LogP contribution in [0.15, 0.2) is 12.7 Å². The van der Waals surface area contributed by atoms with E-state index in [1.54, 1.807) is 0 Å². The summed E-state index contributed by atoms with van der Waals surface area (Å²) < 4.78 is 9.46. The fourth-order valence-electron chi connectivity index (χ4n) is 1.56. The molecular weight excluding hydrogens is 238 g/mol. The van der Waals surface area contributed by atoms with E-state index < -0.39 is 11.6 Å². The summed E-state index contributed by atoms with van der Waals surface area (Å²) >= 11 is 0. The van der Waals surface area contributed by atoms with Gasteiger partial charge in [0.05, 0.1) is 7.11 Å². The Labute approximate surface area is 106 Å². The van der Waals surface area contributed by atoms with Crippen LogP contribution in [0.5, 0.6) is 0 Å². The number of amides is 1. The van der Waals surface area contributed by atoms with Crippen LogP contribution in [0, 0.1) is 0 Å². The molecule has 3 N–H and O–H groups in total. The number of alkyl carbamates (subject to hydrolysis) is 1. The summed E-state index contributed by atoms with van der Waals surface area (Å²) in [6.07, 6.45) is 0.986. The van der Waals surface area contributed by atoms with Crippen LogP contribution in [-0.2, 0) is 14.3 Å². The second-order valence-electron chi connectivity index (χ2n) is 3.92. The third-order valence-electron chi connectivity index (χ3n) is 2.62. The summed E-state index contributed by atoms with van der Waals surface area (Å²) in [6.45, 7) is 5.49. The van der Waals surface area contributed by atoms with E-state index in [0.29, 0.717) is 26.2 Å². The molecule has 1 aliphatic rings. The van der Waals surface area contributed by atoms with E-state index in [2.05, 4.69) is 22.5 Å². The molecule has 1 rings (SSSR count). The normalized spacial score (nSPS) is 16.3. The second kappa shape index (κ2) is 6.97. The van der Waals surface area contributed by atoms with Crippen molar-refractivity contribution in [3.8, 4) is 0 Å². The number of carbonyl (C=O) groups excluding carboxylic acids is 2. The van der Waals surface area contributed by atoms with Gasteiger partial charge in [0.2, 0.25) is 0 Å². The average molecular weight is 257 g/mol. The predicted molar refractivity (Wildman–Crippen MR) is 65.2 cm³/mol. The standard InChI is InChI=1S/C11H19N3O4/c1-3-6-18-10(16)13-4-5-14-11(7-12-8-11)9(15)17-2/h3,12,14H,1,4-8H2,2H3,(H,13,16). The Kier molecular flexibility index (Phi) is 5.60. The summed E-state index contributed by atoms with van der Waals surface area (Å²) in [5.41, 5.74) is -0.665. The average Bonchev–Trinajstić information content (AvgIpc) is 2.33. The van der Waals surface area contributed by atoms with Crippen LogP contribution in [0.1, 0.15) is 0 Å². The number of hydrogen-bond donors (Lipinski definition) is 3. The minimum atomic E-state index is -0.665. The van der Waals surface area contributed by atoms with Gasteiger partial charge in [0, 0.05) is 26.2 Å². The molecule has 18 heavy (non-hydrogen) atoms. The minimum Gasteiger partial charge on any atom is -0.468 e.